The highest BCUT2D eigenvalue weighted by molar-refractivity contribution is 5.79. The number of aromatic nitrogens is 5. The molecule has 0 radical (unpaired) electrons. The maximum absolute atomic E-state index is 13.4. The third-order valence-electron chi connectivity index (χ3n) is 4.40. The standard InChI is InChI=1S/C18H19FN6/c1-4-25-16-6-5-13(19)8-15(16)22-18(25)21-10-12-7-14-11(2)23-24(3)17(14)20-9-12/h5-9H,4,10H2,1-3H3,(H,21,22). The number of imidazole rings is 1. The molecule has 4 aromatic rings. The first kappa shape index (κ1) is 15.6. The van der Waals surface area contributed by atoms with Crippen LogP contribution in [0, 0.1) is 12.7 Å². The van der Waals surface area contributed by atoms with E-state index in [1.54, 1.807) is 10.7 Å². The fourth-order valence-corrected chi connectivity index (χ4v) is 3.19. The molecule has 0 amide bonds. The number of rotatable bonds is 4. The molecule has 0 fully saturated rings. The molecule has 4 rings (SSSR count). The van der Waals surface area contributed by atoms with Crippen molar-refractivity contribution in [2.45, 2.75) is 26.9 Å². The van der Waals surface area contributed by atoms with Crippen LogP contribution >= 0.6 is 0 Å². The Morgan fingerprint density at radius 2 is 2.08 bits per heavy atom. The van der Waals surface area contributed by atoms with Gasteiger partial charge in [0.05, 0.1) is 16.7 Å². The maximum atomic E-state index is 13.4. The lowest BCUT2D eigenvalue weighted by atomic mass is 10.2. The van der Waals surface area contributed by atoms with Crippen molar-refractivity contribution >= 4 is 28.0 Å². The summed E-state index contributed by atoms with van der Waals surface area (Å²) in [6.45, 7) is 5.36. The zero-order valence-corrected chi connectivity index (χ0v) is 14.4. The first-order valence-electron chi connectivity index (χ1n) is 8.24. The van der Waals surface area contributed by atoms with Crippen LogP contribution in [0.1, 0.15) is 18.2 Å². The summed E-state index contributed by atoms with van der Waals surface area (Å²) in [6, 6.07) is 6.78. The van der Waals surface area contributed by atoms with Crippen LogP contribution in [0.25, 0.3) is 22.1 Å². The summed E-state index contributed by atoms with van der Waals surface area (Å²) in [5, 5.41) is 8.79. The van der Waals surface area contributed by atoms with E-state index in [9.17, 15) is 4.39 Å². The lowest BCUT2D eigenvalue weighted by molar-refractivity contribution is 0.629. The number of fused-ring (bicyclic) bond motifs is 2. The lowest BCUT2D eigenvalue weighted by Crippen LogP contribution is -2.07. The second-order valence-electron chi connectivity index (χ2n) is 6.09. The Morgan fingerprint density at radius 3 is 2.88 bits per heavy atom. The van der Waals surface area contributed by atoms with E-state index in [-0.39, 0.29) is 5.82 Å². The number of nitrogens with zero attached hydrogens (tertiary/aromatic N) is 5. The molecule has 1 aromatic carbocycles. The van der Waals surface area contributed by atoms with Crippen LogP contribution in [0.2, 0.25) is 0 Å². The fraction of sp³-hybridized carbons (Fsp3) is 0.278. The van der Waals surface area contributed by atoms with E-state index in [0.29, 0.717) is 12.1 Å². The molecule has 0 spiro atoms. The van der Waals surface area contributed by atoms with Crippen LogP contribution in [0.5, 0.6) is 0 Å². The van der Waals surface area contributed by atoms with Crippen molar-refractivity contribution in [2.75, 3.05) is 5.32 Å². The summed E-state index contributed by atoms with van der Waals surface area (Å²) in [6.07, 6.45) is 1.84. The van der Waals surface area contributed by atoms with Crippen molar-refractivity contribution in [3.63, 3.8) is 0 Å². The Hall–Kier alpha value is -2.96. The number of halogens is 1. The third kappa shape index (κ3) is 2.61. The number of hydrogen-bond donors (Lipinski definition) is 1. The molecule has 1 N–H and O–H groups in total. The Balaban J connectivity index is 1.65. The minimum Gasteiger partial charge on any atom is -0.351 e. The van der Waals surface area contributed by atoms with Crippen molar-refractivity contribution in [2.24, 2.45) is 7.05 Å². The topological polar surface area (TPSA) is 60.6 Å². The largest absolute Gasteiger partial charge is 0.351 e. The van der Waals surface area contributed by atoms with Crippen LogP contribution in [0.15, 0.2) is 30.5 Å². The number of benzene rings is 1. The predicted molar refractivity (Wildman–Crippen MR) is 95.9 cm³/mol. The highest BCUT2D eigenvalue weighted by Crippen LogP contribution is 2.22. The number of nitrogens with one attached hydrogen (secondary N) is 1. The molecule has 128 valence electrons. The van der Waals surface area contributed by atoms with Gasteiger partial charge in [-0.2, -0.15) is 5.10 Å². The molecule has 0 atom stereocenters. The molecule has 3 heterocycles. The van der Waals surface area contributed by atoms with Gasteiger partial charge in [0.1, 0.15) is 5.82 Å². The van der Waals surface area contributed by atoms with E-state index >= 15 is 0 Å². The lowest BCUT2D eigenvalue weighted by Gasteiger charge is -2.08. The maximum Gasteiger partial charge on any atom is 0.204 e. The zero-order chi connectivity index (χ0) is 17.6. The highest BCUT2D eigenvalue weighted by Gasteiger charge is 2.11. The quantitative estimate of drug-likeness (QED) is 0.619. The van der Waals surface area contributed by atoms with Crippen LogP contribution in [0.3, 0.4) is 0 Å². The van der Waals surface area contributed by atoms with Crippen molar-refractivity contribution in [1.29, 1.82) is 0 Å². The summed E-state index contributed by atoms with van der Waals surface area (Å²) in [4.78, 5) is 9.01. The van der Waals surface area contributed by atoms with Gasteiger partial charge in [-0.25, -0.2) is 14.4 Å². The summed E-state index contributed by atoms with van der Waals surface area (Å²) in [5.41, 5.74) is 4.45. The Labute approximate surface area is 144 Å². The average Bonchev–Trinajstić information content (AvgIpc) is 3.09. The Morgan fingerprint density at radius 1 is 1.24 bits per heavy atom. The molecule has 0 bridgehead atoms. The number of hydrogen-bond acceptors (Lipinski definition) is 4. The summed E-state index contributed by atoms with van der Waals surface area (Å²) < 4.78 is 17.3. The van der Waals surface area contributed by atoms with E-state index in [1.807, 2.05) is 31.7 Å². The number of aryl methyl sites for hydroxylation is 3. The number of pyridine rings is 1. The van der Waals surface area contributed by atoms with E-state index in [1.165, 1.54) is 12.1 Å². The molecule has 0 aliphatic heterocycles. The van der Waals surface area contributed by atoms with Gasteiger partial charge in [0.2, 0.25) is 5.95 Å². The van der Waals surface area contributed by atoms with Gasteiger partial charge in [-0.15, -0.1) is 0 Å². The minimum absolute atomic E-state index is 0.276. The first-order valence-corrected chi connectivity index (χ1v) is 8.24. The van der Waals surface area contributed by atoms with Gasteiger partial charge in [0, 0.05) is 37.8 Å². The van der Waals surface area contributed by atoms with Crippen LogP contribution < -0.4 is 5.32 Å². The molecule has 6 nitrogen and oxygen atoms in total. The zero-order valence-electron chi connectivity index (χ0n) is 14.4. The van der Waals surface area contributed by atoms with Gasteiger partial charge in [0.15, 0.2) is 5.65 Å². The molecule has 25 heavy (non-hydrogen) atoms. The molecule has 0 aliphatic rings. The SMILES string of the molecule is CCn1c(NCc2cnc3c(c2)c(C)nn3C)nc2cc(F)ccc21. The van der Waals surface area contributed by atoms with E-state index in [4.69, 9.17) is 0 Å². The fourth-order valence-electron chi connectivity index (χ4n) is 3.19. The smallest absolute Gasteiger partial charge is 0.204 e. The monoisotopic (exact) mass is 338 g/mol. The molecule has 7 heteroatoms. The third-order valence-corrected chi connectivity index (χ3v) is 4.40. The second kappa shape index (κ2) is 5.84. The van der Waals surface area contributed by atoms with Crippen molar-refractivity contribution in [3.05, 3.63) is 47.5 Å². The minimum atomic E-state index is -0.276. The van der Waals surface area contributed by atoms with Gasteiger partial charge in [-0.05, 0) is 37.6 Å². The molecular formula is C18H19FN6. The molecule has 3 aromatic heterocycles. The molecule has 0 saturated heterocycles. The molecular weight excluding hydrogens is 319 g/mol. The van der Waals surface area contributed by atoms with Crippen LogP contribution in [-0.4, -0.2) is 24.3 Å². The molecule has 0 saturated carbocycles. The van der Waals surface area contributed by atoms with E-state index in [2.05, 4.69) is 26.4 Å². The summed E-state index contributed by atoms with van der Waals surface area (Å²) >= 11 is 0. The van der Waals surface area contributed by atoms with Crippen molar-refractivity contribution in [3.8, 4) is 0 Å². The van der Waals surface area contributed by atoms with Crippen molar-refractivity contribution < 1.29 is 4.39 Å². The van der Waals surface area contributed by atoms with E-state index < -0.39 is 0 Å². The predicted octanol–water partition coefficient (Wildman–Crippen LogP) is 3.40. The van der Waals surface area contributed by atoms with Crippen LogP contribution in [-0.2, 0) is 20.1 Å². The van der Waals surface area contributed by atoms with Crippen molar-refractivity contribution in [1.82, 2.24) is 24.3 Å². The molecule has 0 aliphatic carbocycles. The van der Waals surface area contributed by atoms with E-state index in [0.717, 1.165) is 40.3 Å². The highest BCUT2D eigenvalue weighted by atomic mass is 19.1. The van der Waals surface area contributed by atoms with Gasteiger partial charge in [-0.3, -0.25) is 4.68 Å². The first-order chi connectivity index (χ1) is 12.1. The van der Waals surface area contributed by atoms with Gasteiger partial charge in [0.25, 0.3) is 0 Å². The summed E-state index contributed by atoms with van der Waals surface area (Å²) in [7, 11) is 1.89. The number of anilines is 1. The molecule has 0 unspecified atom stereocenters. The summed E-state index contributed by atoms with van der Waals surface area (Å²) in [5.74, 6) is 0.451. The Bertz CT molecular complexity index is 1080. The van der Waals surface area contributed by atoms with Gasteiger partial charge < -0.3 is 9.88 Å². The Kier molecular flexibility index (Phi) is 3.63. The van der Waals surface area contributed by atoms with Gasteiger partial charge in [-0.1, -0.05) is 0 Å². The average molecular weight is 338 g/mol. The normalized spacial score (nSPS) is 11.5. The van der Waals surface area contributed by atoms with Crippen LogP contribution in [0.4, 0.5) is 10.3 Å². The second-order valence-corrected chi connectivity index (χ2v) is 6.09. The van der Waals surface area contributed by atoms with Gasteiger partial charge >= 0.3 is 0 Å².